The summed E-state index contributed by atoms with van der Waals surface area (Å²) in [5.74, 6) is 2.86. The summed E-state index contributed by atoms with van der Waals surface area (Å²) in [5.41, 5.74) is 2.89. The molecular weight excluding hydrogens is 343 g/mol. The minimum Gasteiger partial charge on any atom is -0.207 e. The number of aryl methyl sites for hydroxylation is 1. The first-order chi connectivity index (χ1) is 13.7. The molecule has 0 nitrogen and oxygen atoms in total. The molecule has 0 heterocycles. The van der Waals surface area contributed by atoms with Gasteiger partial charge in [-0.15, -0.1) is 0 Å². The molecule has 1 unspecified atom stereocenters. The van der Waals surface area contributed by atoms with Crippen LogP contribution in [0.25, 0.3) is 0 Å². The summed E-state index contributed by atoms with van der Waals surface area (Å²) in [5, 5.41) is 0. The highest BCUT2D eigenvalue weighted by atomic mass is 19.1. The molecule has 1 aromatic carbocycles. The van der Waals surface area contributed by atoms with E-state index in [1.54, 1.807) is 17.7 Å². The Morgan fingerprint density at radius 1 is 0.786 bits per heavy atom. The maximum Gasteiger partial charge on any atom is 0.123 e. The number of allylic oxidation sites excluding steroid dienone is 2. The molecule has 1 atom stereocenters. The molecule has 2 aliphatic rings. The molecule has 0 bridgehead atoms. The summed E-state index contributed by atoms with van der Waals surface area (Å²) in [4.78, 5) is 0. The van der Waals surface area contributed by atoms with E-state index in [2.05, 4.69) is 13.0 Å². The third-order valence-corrected chi connectivity index (χ3v) is 7.43. The maximum atomic E-state index is 13.0. The predicted octanol–water partition coefficient (Wildman–Crippen LogP) is 8.65. The highest BCUT2D eigenvalue weighted by Crippen LogP contribution is 2.37. The van der Waals surface area contributed by atoms with Gasteiger partial charge in [-0.25, -0.2) is 4.39 Å². The topological polar surface area (TPSA) is 0 Å². The Balaban J connectivity index is 1.28. The Bertz CT molecular complexity index is 577. The van der Waals surface area contributed by atoms with Gasteiger partial charge in [-0.1, -0.05) is 88.5 Å². The molecule has 0 aliphatic heterocycles. The lowest BCUT2D eigenvalue weighted by atomic mass is 9.76. The van der Waals surface area contributed by atoms with E-state index in [0.717, 1.165) is 30.6 Å². The van der Waals surface area contributed by atoms with Crippen molar-refractivity contribution in [2.45, 2.75) is 103 Å². The number of unbranched alkanes of at least 4 members (excludes halogenated alkanes) is 2. The first-order valence-electron chi connectivity index (χ1n) is 12.1. The number of rotatable bonds is 10. The molecule has 28 heavy (non-hydrogen) atoms. The van der Waals surface area contributed by atoms with E-state index in [-0.39, 0.29) is 5.82 Å². The van der Waals surface area contributed by atoms with Gasteiger partial charge in [0.05, 0.1) is 0 Å². The third-order valence-electron chi connectivity index (χ3n) is 7.43. The molecule has 0 amide bonds. The molecule has 0 radical (unpaired) electrons. The smallest absolute Gasteiger partial charge is 0.123 e. The lowest BCUT2D eigenvalue weighted by molar-refractivity contribution is 0.234. The molecule has 3 rings (SSSR count). The average molecular weight is 385 g/mol. The van der Waals surface area contributed by atoms with Gasteiger partial charge in [0.1, 0.15) is 5.82 Å². The monoisotopic (exact) mass is 384 g/mol. The van der Waals surface area contributed by atoms with Crippen molar-refractivity contribution in [1.29, 1.82) is 0 Å². The summed E-state index contributed by atoms with van der Waals surface area (Å²) in [7, 11) is 0. The number of hydrogen-bond donors (Lipinski definition) is 0. The lowest BCUT2D eigenvalue weighted by Crippen LogP contribution is -2.16. The van der Waals surface area contributed by atoms with Crippen LogP contribution in [0.1, 0.15) is 102 Å². The van der Waals surface area contributed by atoms with Gasteiger partial charge in [-0.05, 0) is 74.0 Å². The van der Waals surface area contributed by atoms with Crippen LogP contribution in [0.4, 0.5) is 4.39 Å². The van der Waals surface area contributed by atoms with E-state index in [9.17, 15) is 4.39 Å². The van der Waals surface area contributed by atoms with Gasteiger partial charge in [0, 0.05) is 0 Å². The normalized spacial score (nSPS) is 25.5. The summed E-state index contributed by atoms with van der Waals surface area (Å²) in [6.07, 6.45) is 23.4. The van der Waals surface area contributed by atoms with Crippen molar-refractivity contribution in [3.63, 3.8) is 0 Å². The van der Waals surface area contributed by atoms with Crippen molar-refractivity contribution < 1.29 is 4.39 Å². The van der Waals surface area contributed by atoms with Crippen LogP contribution in [0.5, 0.6) is 0 Å². The second-order valence-electron chi connectivity index (χ2n) is 9.59. The standard InChI is InChI=1S/C27H41F/c1-2-3-4-5-22-6-8-23(9-7-22)10-11-24-12-14-25(15-13-24)16-17-26-18-20-27(28)21-19-26/h14,18-24H,2-13,15-17H2,1H3. The molecule has 0 saturated heterocycles. The zero-order chi connectivity index (χ0) is 19.6. The minimum atomic E-state index is -0.131. The molecule has 0 spiro atoms. The van der Waals surface area contributed by atoms with Gasteiger partial charge >= 0.3 is 0 Å². The van der Waals surface area contributed by atoms with Gasteiger partial charge in [-0.3, -0.25) is 0 Å². The Morgan fingerprint density at radius 3 is 2.11 bits per heavy atom. The second kappa shape index (κ2) is 11.8. The third kappa shape index (κ3) is 7.37. The molecule has 0 aromatic heterocycles. The average Bonchev–Trinajstić information content (AvgIpc) is 2.74. The minimum absolute atomic E-state index is 0.131. The molecule has 0 N–H and O–H groups in total. The van der Waals surface area contributed by atoms with E-state index in [1.807, 2.05) is 12.1 Å². The Hall–Kier alpha value is -1.11. The lowest BCUT2D eigenvalue weighted by Gasteiger charge is -2.30. The van der Waals surface area contributed by atoms with Crippen molar-refractivity contribution in [3.8, 4) is 0 Å². The Kier molecular flexibility index (Phi) is 9.09. The fourth-order valence-electron chi connectivity index (χ4n) is 5.35. The van der Waals surface area contributed by atoms with Gasteiger partial charge in [0.25, 0.3) is 0 Å². The maximum absolute atomic E-state index is 13.0. The van der Waals surface area contributed by atoms with E-state index in [0.29, 0.717) is 0 Å². The summed E-state index contributed by atoms with van der Waals surface area (Å²) < 4.78 is 13.0. The van der Waals surface area contributed by atoms with Crippen molar-refractivity contribution in [3.05, 3.63) is 47.3 Å². The first kappa shape index (κ1) is 21.6. The quantitative estimate of drug-likeness (QED) is 0.279. The number of benzene rings is 1. The first-order valence-corrected chi connectivity index (χ1v) is 12.1. The SMILES string of the molecule is CCCCCC1CCC(CCC2CC=C(CCc3ccc(F)cc3)CC2)CC1. The molecule has 1 aromatic rings. The summed E-state index contributed by atoms with van der Waals surface area (Å²) in [6.45, 7) is 2.31. The Morgan fingerprint density at radius 2 is 1.46 bits per heavy atom. The van der Waals surface area contributed by atoms with E-state index >= 15 is 0 Å². The highest BCUT2D eigenvalue weighted by molar-refractivity contribution is 5.18. The van der Waals surface area contributed by atoms with E-state index in [4.69, 9.17) is 0 Å². The van der Waals surface area contributed by atoms with Crippen LogP contribution < -0.4 is 0 Å². The fraction of sp³-hybridized carbons (Fsp3) is 0.704. The summed E-state index contributed by atoms with van der Waals surface area (Å²) in [6, 6.07) is 7.03. The molecule has 156 valence electrons. The largest absolute Gasteiger partial charge is 0.207 e. The van der Waals surface area contributed by atoms with Crippen LogP contribution in [-0.2, 0) is 6.42 Å². The van der Waals surface area contributed by atoms with Crippen LogP contribution >= 0.6 is 0 Å². The van der Waals surface area contributed by atoms with Crippen molar-refractivity contribution in [2.75, 3.05) is 0 Å². The van der Waals surface area contributed by atoms with Gasteiger partial charge in [0.15, 0.2) is 0 Å². The van der Waals surface area contributed by atoms with Crippen LogP contribution in [0.3, 0.4) is 0 Å². The zero-order valence-electron chi connectivity index (χ0n) is 18.1. The molecule has 2 aliphatic carbocycles. The van der Waals surface area contributed by atoms with Crippen molar-refractivity contribution in [1.82, 2.24) is 0 Å². The van der Waals surface area contributed by atoms with E-state index < -0.39 is 0 Å². The van der Waals surface area contributed by atoms with Crippen LogP contribution in [-0.4, -0.2) is 0 Å². The van der Waals surface area contributed by atoms with Crippen molar-refractivity contribution in [2.24, 2.45) is 17.8 Å². The van der Waals surface area contributed by atoms with Gasteiger partial charge < -0.3 is 0 Å². The fourth-order valence-corrected chi connectivity index (χ4v) is 5.35. The van der Waals surface area contributed by atoms with Crippen LogP contribution in [0.2, 0.25) is 0 Å². The Labute approximate surface area is 173 Å². The number of halogens is 1. The van der Waals surface area contributed by atoms with Crippen molar-refractivity contribution >= 4 is 0 Å². The second-order valence-corrected chi connectivity index (χ2v) is 9.59. The number of hydrogen-bond acceptors (Lipinski definition) is 0. The van der Waals surface area contributed by atoms with Crippen LogP contribution in [0, 0.1) is 23.6 Å². The molecular formula is C27H41F. The van der Waals surface area contributed by atoms with Gasteiger partial charge in [0.2, 0.25) is 0 Å². The van der Waals surface area contributed by atoms with Crippen LogP contribution in [0.15, 0.2) is 35.9 Å². The molecule has 1 heteroatoms. The molecule has 1 saturated carbocycles. The van der Waals surface area contributed by atoms with Gasteiger partial charge in [-0.2, -0.15) is 0 Å². The van der Waals surface area contributed by atoms with E-state index in [1.165, 1.54) is 89.0 Å². The predicted molar refractivity (Wildman–Crippen MR) is 119 cm³/mol. The molecule has 1 fully saturated rings. The highest BCUT2D eigenvalue weighted by Gasteiger charge is 2.22. The summed E-state index contributed by atoms with van der Waals surface area (Å²) >= 11 is 0. The zero-order valence-corrected chi connectivity index (χ0v) is 18.1.